The van der Waals surface area contributed by atoms with Crippen molar-refractivity contribution < 1.29 is 0 Å². The summed E-state index contributed by atoms with van der Waals surface area (Å²) in [5.74, 6) is 0.968. The molecule has 1 fully saturated rings. The Labute approximate surface area is 145 Å². The monoisotopic (exact) mass is 327 g/mol. The average Bonchev–Trinajstić information content (AvgIpc) is 3.04. The lowest BCUT2D eigenvalue weighted by Gasteiger charge is -2.37. The van der Waals surface area contributed by atoms with Gasteiger partial charge in [-0.3, -0.25) is 9.58 Å². The van der Waals surface area contributed by atoms with E-state index in [2.05, 4.69) is 50.7 Å². The van der Waals surface area contributed by atoms with Crippen LogP contribution in [0, 0.1) is 6.92 Å². The molecular weight excluding hydrogens is 298 g/mol. The molecular formula is C19H29N5. The summed E-state index contributed by atoms with van der Waals surface area (Å²) in [5, 5.41) is 4.45. The van der Waals surface area contributed by atoms with Gasteiger partial charge in [-0.15, -0.1) is 0 Å². The summed E-state index contributed by atoms with van der Waals surface area (Å²) in [6.45, 7) is 12.0. The fourth-order valence-corrected chi connectivity index (χ4v) is 3.65. The van der Waals surface area contributed by atoms with Crippen molar-refractivity contribution in [2.45, 2.75) is 72.0 Å². The Morgan fingerprint density at radius 3 is 2.58 bits per heavy atom. The molecule has 0 radical (unpaired) electrons. The van der Waals surface area contributed by atoms with E-state index in [0.29, 0.717) is 18.1 Å². The summed E-state index contributed by atoms with van der Waals surface area (Å²) in [6.07, 6.45) is 5.52. The number of nitrogens with zero attached hydrogens (tertiary/aromatic N) is 5. The summed E-state index contributed by atoms with van der Waals surface area (Å²) in [5.41, 5.74) is 3.09. The molecule has 0 aliphatic carbocycles. The van der Waals surface area contributed by atoms with Gasteiger partial charge in [0.15, 0.2) is 0 Å². The highest BCUT2D eigenvalue weighted by molar-refractivity contribution is 5.54. The van der Waals surface area contributed by atoms with E-state index in [1.165, 1.54) is 12.8 Å². The molecule has 0 N–H and O–H groups in total. The zero-order chi connectivity index (χ0) is 17.3. The molecule has 5 nitrogen and oxygen atoms in total. The second-order valence-corrected chi connectivity index (χ2v) is 7.35. The van der Waals surface area contributed by atoms with Gasteiger partial charge >= 0.3 is 0 Å². The number of rotatable bonds is 4. The lowest BCUT2D eigenvalue weighted by atomic mass is 9.99. The van der Waals surface area contributed by atoms with Gasteiger partial charge in [0, 0.05) is 24.0 Å². The van der Waals surface area contributed by atoms with E-state index >= 15 is 0 Å². The fraction of sp³-hybridized carbons (Fsp3) is 0.632. The molecule has 0 spiro atoms. The third kappa shape index (κ3) is 3.36. The minimum atomic E-state index is 0.315. The molecule has 0 unspecified atom stereocenters. The maximum Gasteiger partial charge on any atom is 0.146 e. The number of aryl methyl sites for hydroxylation is 1. The molecule has 1 aliphatic rings. The quantitative estimate of drug-likeness (QED) is 0.846. The first-order valence-electron chi connectivity index (χ1n) is 9.12. The van der Waals surface area contributed by atoms with Crippen molar-refractivity contribution >= 4 is 0 Å². The van der Waals surface area contributed by atoms with Crippen molar-refractivity contribution in [2.24, 2.45) is 0 Å². The van der Waals surface area contributed by atoms with Crippen LogP contribution in [0.15, 0.2) is 18.3 Å². The SMILES string of the molecule is Cc1cc(-c2ccnn2C(C)C)nc([C@@H]2CCCCN2C(C)C)n1. The van der Waals surface area contributed by atoms with Gasteiger partial charge in [-0.1, -0.05) is 6.42 Å². The first kappa shape index (κ1) is 17.1. The van der Waals surface area contributed by atoms with Crippen molar-refractivity contribution in [1.82, 2.24) is 24.6 Å². The van der Waals surface area contributed by atoms with Crippen molar-refractivity contribution in [3.63, 3.8) is 0 Å². The Morgan fingerprint density at radius 1 is 1.08 bits per heavy atom. The normalized spacial score (nSPS) is 19.4. The molecule has 2 aromatic rings. The zero-order valence-electron chi connectivity index (χ0n) is 15.5. The highest BCUT2D eigenvalue weighted by Crippen LogP contribution is 2.32. The van der Waals surface area contributed by atoms with Crippen LogP contribution >= 0.6 is 0 Å². The molecule has 5 heteroatoms. The molecule has 3 heterocycles. The largest absolute Gasteiger partial charge is 0.291 e. The lowest BCUT2D eigenvalue weighted by Crippen LogP contribution is -2.39. The van der Waals surface area contributed by atoms with E-state index < -0.39 is 0 Å². The van der Waals surface area contributed by atoms with Crippen LogP contribution in [0.5, 0.6) is 0 Å². The van der Waals surface area contributed by atoms with E-state index in [0.717, 1.165) is 35.9 Å². The van der Waals surface area contributed by atoms with Crippen molar-refractivity contribution in [1.29, 1.82) is 0 Å². The van der Waals surface area contributed by atoms with E-state index in [1.807, 2.05) is 16.9 Å². The van der Waals surface area contributed by atoms with Gasteiger partial charge in [-0.05, 0) is 66.1 Å². The minimum absolute atomic E-state index is 0.315. The molecule has 1 atom stereocenters. The van der Waals surface area contributed by atoms with Crippen LogP contribution < -0.4 is 0 Å². The molecule has 0 aromatic carbocycles. The number of likely N-dealkylation sites (tertiary alicyclic amines) is 1. The smallest absolute Gasteiger partial charge is 0.146 e. The van der Waals surface area contributed by atoms with E-state index in [-0.39, 0.29) is 0 Å². The molecule has 0 saturated carbocycles. The van der Waals surface area contributed by atoms with Gasteiger partial charge in [0.05, 0.1) is 17.4 Å². The highest BCUT2D eigenvalue weighted by Gasteiger charge is 2.28. The standard InChI is InChI=1S/C19H29N5/c1-13(2)23-11-7-6-8-18(23)19-21-15(5)12-16(22-19)17-9-10-20-24(17)14(3)4/h9-10,12-14,18H,6-8,11H2,1-5H3/t18-/m0/s1. The number of hydrogen-bond donors (Lipinski definition) is 0. The van der Waals surface area contributed by atoms with Crippen molar-refractivity contribution in [3.8, 4) is 11.4 Å². The number of aromatic nitrogens is 4. The Hall–Kier alpha value is -1.75. The van der Waals surface area contributed by atoms with Crippen LogP contribution in [-0.4, -0.2) is 37.2 Å². The summed E-state index contributed by atoms with van der Waals surface area (Å²) >= 11 is 0. The van der Waals surface area contributed by atoms with Gasteiger partial charge in [0.2, 0.25) is 0 Å². The first-order chi connectivity index (χ1) is 11.5. The zero-order valence-corrected chi connectivity index (χ0v) is 15.5. The summed E-state index contributed by atoms with van der Waals surface area (Å²) in [6, 6.07) is 5.28. The molecule has 1 saturated heterocycles. The highest BCUT2D eigenvalue weighted by atomic mass is 15.3. The van der Waals surface area contributed by atoms with Gasteiger partial charge < -0.3 is 0 Å². The predicted octanol–water partition coefficient (Wildman–Crippen LogP) is 4.16. The van der Waals surface area contributed by atoms with Crippen molar-refractivity contribution in [2.75, 3.05) is 6.54 Å². The summed E-state index contributed by atoms with van der Waals surface area (Å²) < 4.78 is 2.03. The van der Waals surface area contributed by atoms with Crippen molar-refractivity contribution in [3.05, 3.63) is 29.8 Å². The molecule has 0 amide bonds. The molecule has 0 bridgehead atoms. The molecule has 24 heavy (non-hydrogen) atoms. The lowest BCUT2D eigenvalue weighted by molar-refractivity contribution is 0.106. The summed E-state index contributed by atoms with van der Waals surface area (Å²) in [7, 11) is 0. The van der Waals surface area contributed by atoms with Crippen LogP contribution in [0.2, 0.25) is 0 Å². The number of hydrogen-bond acceptors (Lipinski definition) is 4. The Bertz CT molecular complexity index is 689. The van der Waals surface area contributed by atoms with Crippen LogP contribution in [0.25, 0.3) is 11.4 Å². The molecule has 1 aliphatic heterocycles. The maximum absolute atomic E-state index is 4.96. The third-order valence-electron chi connectivity index (χ3n) is 4.80. The Morgan fingerprint density at radius 2 is 1.88 bits per heavy atom. The van der Waals surface area contributed by atoms with E-state index in [4.69, 9.17) is 9.97 Å². The van der Waals surface area contributed by atoms with Crippen LogP contribution in [0.1, 0.15) is 70.6 Å². The average molecular weight is 327 g/mol. The van der Waals surface area contributed by atoms with Crippen LogP contribution in [-0.2, 0) is 0 Å². The summed E-state index contributed by atoms with van der Waals surface area (Å²) in [4.78, 5) is 12.3. The molecule has 3 rings (SSSR count). The number of piperidine rings is 1. The molecule has 2 aromatic heterocycles. The minimum Gasteiger partial charge on any atom is -0.291 e. The van der Waals surface area contributed by atoms with Gasteiger partial charge in [-0.2, -0.15) is 5.10 Å². The Kier molecular flexibility index (Phi) is 4.99. The van der Waals surface area contributed by atoms with Gasteiger partial charge in [0.25, 0.3) is 0 Å². The van der Waals surface area contributed by atoms with E-state index in [9.17, 15) is 0 Å². The van der Waals surface area contributed by atoms with E-state index in [1.54, 1.807) is 0 Å². The second-order valence-electron chi connectivity index (χ2n) is 7.35. The van der Waals surface area contributed by atoms with Gasteiger partial charge in [-0.25, -0.2) is 9.97 Å². The Balaban J connectivity index is 2.01. The van der Waals surface area contributed by atoms with Gasteiger partial charge in [0.1, 0.15) is 5.82 Å². The fourth-order valence-electron chi connectivity index (χ4n) is 3.65. The first-order valence-corrected chi connectivity index (χ1v) is 9.12. The van der Waals surface area contributed by atoms with Crippen LogP contribution in [0.3, 0.4) is 0 Å². The second kappa shape index (κ2) is 7.01. The maximum atomic E-state index is 4.96. The predicted molar refractivity (Wildman–Crippen MR) is 96.8 cm³/mol. The molecule has 130 valence electrons. The van der Waals surface area contributed by atoms with Crippen LogP contribution in [0.4, 0.5) is 0 Å². The third-order valence-corrected chi connectivity index (χ3v) is 4.80. The topological polar surface area (TPSA) is 46.8 Å².